The number of benzene rings is 1. The SMILES string of the molecule is CC1CCC(C(=O)N[C@H](Cc2ccccc2)C(=O)NCc2ccccn2)CC1. The molecule has 1 aromatic heterocycles. The van der Waals surface area contributed by atoms with Gasteiger partial charge in [0.15, 0.2) is 0 Å². The normalized spacial score (nSPS) is 20.2. The fourth-order valence-electron chi connectivity index (χ4n) is 3.67. The molecule has 0 radical (unpaired) electrons. The molecule has 5 nitrogen and oxygen atoms in total. The lowest BCUT2D eigenvalue weighted by Crippen LogP contribution is -2.49. The van der Waals surface area contributed by atoms with Crippen molar-refractivity contribution < 1.29 is 9.59 Å². The minimum Gasteiger partial charge on any atom is -0.349 e. The molecule has 2 N–H and O–H groups in total. The number of pyridine rings is 1. The van der Waals surface area contributed by atoms with E-state index in [2.05, 4.69) is 22.5 Å². The van der Waals surface area contributed by atoms with E-state index in [9.17, 15) is 9.59 Å². The van der Waals surface area contributed by atoms with Gasteiger partial charge < -0.3 is 10.6 Å². The summed E-state index contributed by atoms with van der Waals surface area (Å²) in [6.45, 7) is 2.58. The van der Waals surface area contributed by atoms with E-state index in [0.717, 1.165) is 36.9 Å². The molecule has 1 atom stereocenters. The van der Waals surface area contributed by atoms with Gasteiger partial charge in [-0.1, -0.05) is 43.3 Å². The summed E-state index contributed by atoms with van der Waals surface area (Å²) in [5.41, 5.74) is 1.82. The largest absolute Gasteiger partial charge is 0.349 e. The van der Waals surface area contributed by atoms with E-state index >= 15 is 0 Å². The van der Waals surface area contributed by atoms with Gasteiger partial charge in [0, 0.05) is 18.5 Å². The highest BCUT2D eigenvalue weighted by atomic mass is 16.2. The van der Waals surface area contributed by atoms with Crippen molar-refractivity contribution in [3.63, 3.8) is 0 Å². The Labute approximate surface area is 167 Å². The molecule has 148 valence electrons. The van der Waals surface area contributed by atoms with E-state index in [0.29, 0.717) is 18.9 Å². The lowest BCUT2D eigenvalue weighted by atomic mass is 9.82. The van der Waals surface area contributed by atoms with Crippen LogP contribution in [0.25, 0.3) is 0 Å². The highest BCUT2D eigenvalue weighted by molar-refractivity contribution is 5.88. The second-order valence-corrected chi connectivity index (χ2v) is 7.75. The minimum absolute atomic E-state index is 0.000757. The van der Waals surface area contributed by atoms with Gasteiger partial charge in [0.25, 0.3) is 0 Å². The number of hydrogen-bond acceptors (Lipinski definition) is 3. The number of hydrogen-bond donors (Lipinski definition) is 2. The van der Waals surface area contributed by atoms with E-state index in [1.165, 1.54) is 0 Å². The number of amides is 2. The summed E-state index contributed by atoms with van der Waals surface area (Å²) in [5, 5.41) is 5.93. The Morgan fingerprint density at radius 2 is 1.75 bits per heavy atom. The molecule has 1 aliphatic rings. The zero-order valence-electron chi connectivity index (χ0n) is 16.4. The molecule has 1 aromatic carbocycles. The van der Waals surface area contributed by atoms with Crippen molar-refractivity contribution in [2.24, 2.45) is 11.8 Å². The fourth-order valence-corrected chi connectivity index (χ4v) is 3.67. The number of carbonyl (C=O) groups excluding carboxylic acids is 2. The summed E-state index contributed by atoms with van der Waals surface area (Å²) < 4.78 is 0. The van der Waals surface area contributed by atoms with Gasteiger partial charge in [0.1, 0.15) is 6.04 Å². The average Bonchev–Trinajstić information content (AvgIpc) is 2.73. The van der Waals surface area contributed by atoms with E-state index in [1.807, 2.05) is 48.5 Å². The number of carbonyl (C=O) groups is 2. The Kier molecular flexibility index (Phi) is 7.18. The topological polar surface area (TPSA) is 71.1 Å². The highest BCUT2D eigenvalue weighted by Gasteiger charge is 2.28. The van der Waals surface area contributed by atoms with Gasteiger partial charge in [-0.15, -0.1) is 0 Å². The number of nitrogens with zero attached hydrogens (tertiary/aromatic N) is 1. The average molecular weight is 380 g/mol. The molecular formula is C23H29N3O2. The molecule has 2 aromatic rings. The van der Waals surface area contributed by atoms with E-state index in [1.54, 1.807) is 6.20 Å². The molecule has 1 fully saturated rings. The van der Waals surface area contributed by atoms with Crippen molar-refractivity contribution in [3.8, 4) is 0 Å². The molecule has 0 spiro atoms. The van der Waals surface area contributed by atoms with Gasteiger partial charge in [-0.25, -0.2) is 0 Å². The molecule has 3 rings (SSSR count). The van der Waals surface area contributed by atoms with Crippen molar-refractivity contribution >= 4 is 11.8 Å². The second kappa shape index (κ2) is 10.0. The zero-order chi connectivity index (χ0) is 19.8. The standard InChI is InChI=1S/C23H29N3O2/c1-17-10-12-19(13-11-17)22(27)26-21(15-18-7-3-2-4-8-18)23(28)25-16-20-9-5-6-14-24-20/h2-9,14,17,19,21H,10-13,15-16H2,1H3,(H,25,28)(H,26,27)/t17?,19?,21-/m1/s1. The molecule has 5 heteroatoms. The first-order valence-electron chi connectivity index (χ1n) is 10.1. The maximum Gasteiger partial charge on any atom is 0.243 e. The predicted octanol–water partition coefficient (Wildman–Crippen LogP) is 3.25. The van der Waals surface area contributed by atoms with Crippen LogP contribution < -0.4 is 10.6 Å². The van der Waals surface area contributed by atoms with E-state index in [4.69, 9.17) is 0 Å². The molecule has 28 heavy (non-hydrogen) atoms. The maximum absolute atomic E-state index is 12.8. The minimum atomic E-state index is -0.585. The molecule has 1 saturated carbocycles. The number of rotatable bonds is 7. The van der Waals surface area contributed by atoms with Crippen LogP contribution in [0.5, 0.6) is 0 Å². The Balaban J connectivity index is 1.63. The molecule has 0 aliphatic heterocycles. The van der Waals surface area contributed by atoms with Crippen LogP contribution in [0.1, 0.15) is 43.9 Å². The van der Waals surface area contributed by atoms with Gasteiger partial charge in [-0.3, -0.25) is 14.6 Å². The molecule has 1 aliphatic carbocycles. The van der Waals surface area contributed by atoms with Crippen LogP contribution >= 0.6 is 0 Å². The van der Waals surface area contributed by atoms with Crippen LogP contribution in [-0.4, -0.2) is 22.8 Å². The van der Waals surface area contributed by atoms with Crippen molar-refractivity contribution in [1.29, 1.82) is 0 Å². The fraction of sp³-hybridized carbons (Fsp3) is 0.435. The van der Waals surface area contributed by atoms with Crippen molar-refractivity contribution in [2.45, 2.75) is 51.6 Å². The van der Waals surface area contributed by atoms with Gasteiger partial charge in [0.05, 0.1) is 12.2 Å². The number of nitrogens with one attached hydrogen (secondary N) is 2. The van der Waals surface area contributed by atoms with Crippen LogP contribution in [0.15, 0.2) is 54.7 Å². The predicted molar refractivity (Wildman–Crippen MR) is 109 cm³/mol. The summed E-state index contributed by atoms with van der Waals surface area (Å²) in [6, 6.07) is 14.8. The van der Waals surface area contributed by atoms with Crippen LogP contribution in [0, 0.1) is 11.8 Å². The summed E-state index contributed by atoms with van der Waals surface area (Å²) in [5.74, 6) is 0.525. The zero-order valence-corrected chi connectivity index (χ0v) is 16.4. The summed E-state index contributed by atoms with van der Waals surface area (Å²) >= 11 is 0. The third-order valence-electron chi connectivity index (χ3n) is 5.47. The smallest absolute Gasteiger partial charge is 0.243 e. The Morgan fingerprint density at radius 3 is 2.43 bits per heavy atom. The van der Waals surface area contributed by atoms with E-state index < -0.39 is 6.04 Å². The van der Waals surface area contributed by atoms with Crippen LogP contribution in [0.3, 0.4) is 0 Å². The van der Waals surface area contributed by atoms with Gasteiger partial charge in [0.2, 0.25) is 11.8 Å². The molecule has 0 saturated heterocycles. The first kappa shape index (κ1) is 20.1. The molecule has 0 bridgehead atoms. The molecular weight excluding hydrogens is 350 g/mol. The van der Waals surface area contributed by atoms with Crippen molar-refractivity contribution in [3.05, 3.63) is 66.0 Å². The first-order valence-corrected chi connectivity index (χ1v) is 10.1. The van der Waals surface area contributed by atoms with Gasteiger partial charge in [-0.2, -0.15) is 0 Å². The maximum atomic E-state index is 12.8. The summed E-state index contributed by atoms with van der Waals surface area (Å²) in [6.07, 6.45) is 6.14. The third kappa shape index (κ3) is 5.91. The van der Waals surface area contributed by atoms with Crippen LogP contribution in [0.2, 0.25) is 0 Å². The second-order valence-electron chi connectivity index (χ2n) is 7.75. The summed E-state index contributed by atoms with van der Waals surface area (Å²) in [7, 11) is 0. The van der Waals surface area contributed by atoms with Gasteiger partial charge >= 0.3 is 0 Å². The highest BCUT2D eigenvalue weighted by Crippen LogP contribution is 2.28. The molecule has 1 heterocycles. The monoisotopic (exact) mass is 379 g/mol. The lowest BCUT2D eigenvalue weighted by molar-refractivity contribution is -0.132. The molecule has 0 unspecified atom stereocenters. The van der Waals surface area contributed by atoms with Crippen molar-refractivity contribution in [2.75, 3.05) is 0 Å². The van der Waals surface area contributed by atoms with Crippen LogP contribution in [-0.2, 0) is 22.6 Å². The Bertz CT molecular complexity index is 756. The quantitative estimate of drug-likeness (QED) is 0.776. The molecule has 2 amide bonds. The third-order valence-corrected chi connectivity index (χ3v) is 5.47. The summed E-state index contributed by atoms with van der Waals surface area (Å²) in [4.78, 5) is 29.9. The van der Waals surface area contributed by atoms with Crippen molar-refractivity contribution in [1.82, 2.24) is 15.6 Å². The van der Waals surface area contributed by atoms with Crippen LogP contribution in [0.4, 0.5) is 0 Å². The lowest BCUT2D eigenvalue weighted by Gasteiger charge is -2.27. The van der Waals surface area contributed by atoms with E-state index in [-0.39, 0.29) is 17.7 Å². The van der Waals surface area contributed by atoms with Gasteiger partial charge in [-0.05, 0) is 49.3 Å². The number of aromatic nitrogens is 1. The Morgan fingerprint density at radius 1 is 1.04 bits per heavy atom. The first-order chi connectivity index (χ1) is 13.6. The Hall–Kier alpha value is -2.69.